The molecule has 2 heteroatoms. The quantitative estimate of drug-likeness (QED) is 0.684. The van der Waals surface area contributed by atoms with E-state index in [4.69, 9.17) is 0 Å². The van der Waals surface area contributed by atoms with Crippen LogP contribution in [0.25, 0.3) is 0 Å². The van der Waals surface area contributed by atoms with Gasteiger partial charge in [-0.3, -0.25) is 0 Å². The van der Waals surface area contributed by atoms with Crippen molar-refractivity contribution in [2.75, 3.05) is 19.6 Å². The molecule has 0 aromatic heterocycles. The van der Waals surface area contributed by atoms with Crippen LogP contribution in [-0.2, 0) is 0 Å². The van der Waals surface area contributed by atoms with Crippen LogP contribution < -0.4 is 0 Å². The molecule has 0 aromatic carbocycles. The molecule has 1 aliphatic carbocycles. The van der Waals surface area contributed by atoms with E-state index in [1.807, 2.05) is 0 Å². The van der Waals surface area contributed by atoms with Crippen LogP contribution in [0.15, 0.2) is 0 Å². The Kier molecular flexibility index (Phi) is 2.37. The van der Waals surface area contributed by atoms with E-state index >= 15 is 0 Å². The molecular formula is C10H19NO. The van der Waals surface area contributed by atoms with Gasteiger partial charge in [-0.15, -0.1) is 0 Å². The number of aliphatic hydroxyl groups is 1. The van der Waals surface area contributed by atoms with Gasteiger partial charge in [0.25, 0.3) is 0 Å². The molecule has 12 heavy (non-hydrogen) atoms. The summed E-state index contributed by atoms with van der Waals surface area (Å²) in [6, 6.07) is 0. The zero-order chi connectivity index (χ0) is 8.55. The molecule has 70 valence electrons. The highest BCUT2D eigenvalue weighted by Crippen LogP contribution is 2.33. The summed E-state index contributed by atoms with van der Waals surface area (Å²) in [6.45, 7) is 5.62. The highest BCUT2D eigenvalue weighted by Gasteiger charge is 2.32. The van der Waals surface area contributed by atoms with Gasteiger partial charge in [-0.2, -0.15) is 0 Å². The van der Waals surface area contributed by atoms with E-state index in [1.165, 1.54) is 32.4 Å². The topological polar surface area (TPSA) is 23.5 Å². The lowest BCUT2D eigenvalue weighted by Gasteiger charge is -2.19. The predicted molar refractivity (Wildman–Crippen MR) is 49.0 cm³/mol. The molecule has 1 heterocycles. The van der Waals surface area contributed by atoms with Gasteiger partial charge in [-0.25, -0.2) is 0 Å². The maximum atomic E-state index is 9.69. The summed E-state index contributed by atoms with van der Waals surface area (Å²) in [5.74, 6) is 1.48. The van der Waals surface area contributed by atoms with Crippen LogP contribution in [-0.4, -0.2) is 35.7 Å². The summed E-state index contributed by atoms with van der Waals surface area (Å²) in [6.07, 6.45) is 3.79. The summed E-state index contributed by atoms with van der Waals surface area (Å²) >= 11 is 0. The highest BCUT2D eigenvalue weighted by molar-refractivity contribution is 4.84. The molecule has 1 N–H and O–H groups in total. The summed E-state index contributed by atoms with van der Waals surface area (Å²) in [7, 11) is 0. The van der Waals surface area contributed by atoms with E-state index in [0.29, 0.717) is 5.92 Å². The predicted octanol–water partition coefficient (Wildman–Crippen LogP) is 1.10. The maximum Gasteiger partial charge on any atom is 0.0695 e. The fourth-order valence-corrected chi connectivity index (χ4v) is 2.09. The van der Waals surface area contributed by atoms with Gasteiger partial charge in [0.15, 0.2) is 0 Å². The fourth-order valence-electron chi connectivity index (χ4n) is 2.09. The van der Waals surface area contributed by atoms with E-state index in [0.717, 1.165) is 12.5 Å². The third-order valence-electron chi connectivity index (χ3n) is 3.12. The van der Waals surface area contributed by atoms with Gasteiger partial charge < -0.3 is 10.0 Å². The summed E-state index contributed by atoms with van der Waals surface area (Å²) in [5, 5.41) is 9.69. The smallest absolute Gasteiger partial charge is 0.0695 e. The Morgan fingerprint density at radius 1 is 1.42 bits per heavy atom. The third kappa shape index (κ3) is 1.99. The van der Waals surface area contributed by atoms with E-state index < -0.39 is 0 Å². The fraction of sp³-hybridized carbons (Fsp3) is 1.00. The molecule has 0 radical (unpaired) electrons. The van der Waals surface area contributed by atoms with Crippen molar-refractivity contribution in [1.29, 1.82) is 0 Å². The molecule has 2 unspecified atom stereocenters. The molecule has 0 spiro atoms. The molecule has 1 aliphatic heterocycles. The molecule has 2 aliphatic rings. The Labute approximate surface area is 74.6 Å². The second kappa shape index (κ2) is 3.35. The number of rotatable bonds is 3. The number of nitrogens with zero attached hydrogens (tertiary/aromatic N) is 1. The van der Waals surface area contributed by atoms with Crippen LogP contribution >= 0.6 is 0 Å². The maximum absolute atomic E-state index is 9.69. The first-order valence-electron chi connectivity index (χ1n) is 5.16. The van der Waals surface area contributed by atoms with E-state index in [2.05, 4.69) is 11.8 Å². The third-order valence-corrected chi connectivity index (χ3v) is 3.12. The zero-order valence-corrected chi connectivity index (χ0v) is 7.87. The van der Waals surface area contributed by atoms with Crippen molar-refractivity contribution in [3.05, 3.63) is 0 Å². The van der Waals surface area contributed by atoms with E-state index in [-0.39, 0.29) is 6.10 Å². The Hall–Kier alpha value is -0.0800. The van der Waals surface area contributed by atoms with Gasteiger partial charge in [0.2, 0.25) is 0 Å². The van der Waals surface area contributed by atoms with E-state index in [9.17, 15) is 5.11 Å². The molecule has 2 nitrogen and oxygen atoms in total. The molecule has 2 fully saturated rings. The first kappa shape index (κ1) is 8.52. The van der Waals surface area contributed by atoms with Crippen LogP contribution in [0.2, 0.25) is 0 Å². The monoisotopic (exact) mass is 169 g/mol. The molecule has 1 saturated heterocycles. The number of aliphatic hydroxyl groups excluding tert-OH is 1. The van der Waals surface area contributed by atoms with Crippen LogP contribution in [0, 0.1) is 11.8 Å². The highest BCUT2D eigenvalue weighted by atomic mass is 16.3. The zero-order valence-electron chi connectivity index (χ0n) is 7.87. The second-order valence-electron chi connectivity index (χ2n) is 4.56. The molecule has 0 amide bonds. The van der Waals surface area contributed by atoms with Gasteiger partial charge in [0.05, 0.1) is 6.10 Å². The largest absolute Gasteiger partial charge is 0.392 e. The molecular weight excluding hydrogens is 150 g/mol. The van der Waals surface area contributed by atoms with Gasteiger partial charge in [-0.05, 0) is 37.6 Å². The van der Waals surface area contributed by atoms with Crippen molar-refractivity contribution in [2.24, 2.45) is 11.8 Å². The van der Waals surface area contributed by atoms with Gasteiger partial charge in [-0.1, -0.05) is 6.92 Å². The van der Waals surface area contributed by atoms with Crippen LogP contribution in [0.1, 0.15) is 26.2 Å². The van der Waals surface area contributed by atoms with Crippen LogP contribution in [0.5, 0.6) is 0 Å². The van der Waals surface area contributed by atoms with Crippen LogP contribution in [0.4, 0.5) is 0 Å². The normalized spacial score (nSPS) is 34.0. The number of likely N-dealkylation sites (tertiary alicyclic amines) is 1. The molecule has 1 saturated carbocycles. The number of hydrogen-bond acceptors (Lipinski definition) is 2. The Bertz CT molecular complexity index is 156. The number of hydrogen-bond donors (Lipinski definition) is 1. The van der Waals surface area contributed by atoms with E-state index in [1.54, 1.807) is 0 Å². The van der Waals surface area contributed by atoms with Gasteiger partial charge in [0, 0.05) is 13.1 Å². The molecule has 2 atom stereocenters. The average molecular weight is 169 g/mol. The van der Waals surface area contributed by atoms with Crippen molar-refractivity contribution in [2.45, 2.75) is 32.3 Å². The van der Waals surface area contributed by atoms with Crippen molar-refractivity contribution in [1.82, 2.24) is 4.90 Å². The second-order valence-corrected chi connectivity index (χ2v) is 4.56. The lowest BCUT2D eigenvalue weighted by molar-refractivity contribution is 0.105. The molecule has 0 bridgehead atoms. The Morgan fingerprint density at radius 2 is 2.17 bits per heavy atom. The van der Waals surface area contributed by atoms with Crippen molar-refractivity contribution < 1.29 is 5.11 Å². The average Bonchev–Trinajstić information content (AvgIpc) is 2.78. The standard InChI is InChI=1S/C10H19NO/c1-8-4-5-11(6-8)7-10(12)9-2-3-9/h8-10,12H,2-7H2,1H3. The minimum atomic E-state index is -0.0321. The number of β-amino-alcohol motifs (C(OH)–C–C–N with tert-alkyl or cyclic N) is 1. The minimum absolute atomic E-state index is 0.0321. The minimum Gasteiger partial charge on any atom is -0.392 e. The molecule has 2 rings (SSSR count). The Balaban J connectivity index is 1.71. The Morgan fingerprint density at radius 3 is 2.67 bits per heavy atom. The summed E-state index contributed by atoms with van der Waals surface area (Å²) < 4.78 is 0. The lowest BCUT2D eigenvalue weighted by Crippen LogP contribution is -2.31. The molecule has 0 aromatic rings. The first-order chi connectivity index (χ1) is 5.75. The van der Waals surface area contributed by atoms with Gasteiger partial charge >= 0.3 is 0 Å². The van der Waals surface area contributed by atoms with Crippen molar-refractivity contribution >= 4 is 0 Å². The summed E-state index contributed by atoms with van der Waals surface area (Å²) in [5.41, 5.74) is 0. The van der Waals surface area contributed by atoms with Gasteiger partial charge in [0.1, 0.15) is 0 Å². The van der Waals surface area contributed by atoms with Crippen molar-refractivity contribution in [3.8, 4) is 0 Å². The lowest BCUT2D eigenvalue weighted by atomic mass is 10.2. The van der Waals surface area contributed by atoms with Crippen molar-refractivity contribution in [3.63, 3.8) is 0 Å². The summed E-state index contributed by atoms with van der Waals surface area (Å²) in [4.78, 5) is 2.41. The SMILES string of the molecule is CC1CCN(CC(O)C2CC2)C1. The van der Waals surface area contributed by atoms with Crippen LogP contribution in [0.3, 0.4) is 0 Å². The first-order valence-corrected chi connectivity index (χ1v) is 5.16.